The van der Waals surface area contributed by atoms with Gasteiger partial charge in [0.25, 0.3) is 0 Å². The predicted molar refractivity (Wildman–Crippen MR) is 119 cm³/mol. The van der Waals surface area contributed by atoms with Gasteiger partial charge in [-0.15, -0.1) is 0 Å². The third-order valence-electron chi connectivity index (χ3n) is 6.83. The van der Waals surface area contributed by atoms with Crippen molar-refractivity contribution in [3.8, 4) is 0 Å². The number of hydrogen-bond acceptors (Lipinski definition) is 4. The number of likely N-dealkylation sites (tertiary alicyclic amines) is 1. The summed E-state index contributed by atoms with van der Waals surface area (Å²) in [6, 6.07) is 5.98. The number of pyridine rings is 1. The van der Waals surface area contributed by atoms with E-state index in [0.29, 0.717) is 36.6 Å². The molecule has 5 nitrogen and oxygen atoms in total. The van der Waals surface area contributed by atoms with Gasteiger partial charge < -0.3 is 15.1 Å². The van der Waals surface area contributed by atoms with E-state index < -0.39 is 11.7 Å². The molecule has 0 spiro atoms. The Labute approximate surface area is 187 Å². The molecule has 174 valence electrons. The maximum atomic E-state index is 13.5. The lowest BCUT2D eigenvalue weighted by molar-refractivity contribution is -0.136. The molecule has 8 heteroatoms. The summed E-state index contributed by atoms with van der Waals surface area (Å²) in [5.74, 6) is 0.642. The number of piperidine rings is 2. The van der Waals surface area contributed by atoms with Crippen molar-refractivity contribution in [1.82, 2.24) is 15.2 Å². The molecule has 0 unspecified atom stereocenters. The molecule has 4 rings (SSSR count). The SMILES string of the molecule is C[C@H]1C[C@H](C(=O)NCC2CCN(C)CC2)CN(c2ccc(C(F)(F)F)c3ncccc23)C1. The highest BCUT2D eigenvalue weighted by molar-refractivity contribution is 5.94. The van der Waals surface area contributed by atoms with Crippen molar-refractivity contribution in [2.24, 2.45) is 17.8 Å². The number of hydrogen-bond donors (Lipinski definition) is 1. The Kier molecular flexibility index (Phi) is 6.60. The van der Waals surface area contributed by atoms with Gasteiger partial charge >= 0.3 is 6.18 Å². The fourth-order valence-corrected chi connectivity index (χ4v) is 5.06. The van der Waals surface area contributed by atoms with Crippen molar-refractivity contribution in [1.29, 1.82) is 0 Å². The highest BCUT2D eigenvalue weighted by Gasteiger charge is 2.35. The molecule has 2 aromatic rings. The van der Waals surface area contributed by atoms with Crippen LogP contribution in [0.2, 0.25) is 0 Å². The number of anilines is 1. The average Bonchev–Trinajstić information content (AvgIpc) is 2.76. The number of carbonyl (C=O) groups excluding carboxylic acids is 1. The number of carbonyl (C=O) groups is 1. The van der Waals surface area contributed by atoms with Crippen molar-refractivity contribution in [2.45, 2.75) is 32.4 Å². The van der Waals surface area contributed by atoms with Crippen LogP contribution in [0, 0.1) is 17.8 Å². The van der Waals surface area contributed by atoms with E-state index in [9.17, 15) is 18.0 Å². The Morgan fingerprint density at radius 3 is 2.66 bits per heavy atom. The number of rotatable bonds is 4. The van der Waals surface area contributed by atoms with E-state index in [-0.39, 0.29) is 23.3 Å². The van der Waals surface area contributed by atoms with E-state index >= 15 is 0 Å². The minimum Gasteiger partial charge on any atom is -0.370 e. The van der Waals surface area contributed by atoms with Gasteiger partial charge in [-0.1, -0.05) is 6.92 Å². The van der Waals surface area contributed by atoms with Crippen molar-refractivity contribution in [3.05, 3.63) is 36.0 Å². The number of fused-ring (bicyclic) bond motifs is 1. The first-order chi connectivity index (χ1) is 15.2. The summed E-state index contributed by atoms with van der Waals surface area (Å²) in [4.78, 5) is 21.4. The second-order valence-corrected chi connectivity index (χ2v) is 9.46. The molecule has 1 aromatic carbocycles. The number of benzene rings is 1. The number of halogens is 3. The number of amides is 1. The van der Waals surface area contributed by atoms with Gasteiger partial charge in [0.05, 0.1) is 17.0 Å². The topological polar surface area (TPSA) is 48.5 Å². The predicted octanol–water partition coefficient (Wildman–Crippen LogP) is 4.17. The number of aromatic nitrogens is 1. The summed E-state index contributed by atoms with van der Waals surface area (Å²) in [5, 5.41) is 3.62. The van der Waals surface area contributed by atoms with E-state index in [0.717, 1.165) is 38.4 Å². The summed E-state index contributed by atoms with van der Waals surface area (Å²) >= 11 is 0. The van der Waals surface area contributed by atoms with Crippen molar-refractivity contribution >= 4 is 22.5 Å². The zero-order valence-electron chi connectivity index (χ0n) is 18.7. The van der Waals surface area contributed by atoms with Gasteiger partial charge in [-0.05, 0) is 75.5 Å². The Bertz CT molecular complexity index is 956. The molecule has 3 heterocycles. The second kappa shape index (κ2) is 9.25. The monoisotopic (exact) mass is 448 g/mol. The first kappa shape index (κ1) is 22.8. The molecule has 1 N–H and O–H groups in total. The van der Waals surface area contributed by atoms with Crippen LogP contribution in [-0.4, -0.2) is 55.6 Å². The summed E-state index contributed by atoms with van der Waals surface area (Å²) < 4.78 is 40.4. The van der Waals surface area contributed by atoms with Crippen LogP contribution in [0.1, 0.15) is 31.7 Å². The molecule has 2 saturated heterocycles. The molecule has 0 radical (unpaired) electrons. The number of nitrogens with one attached hydrogen (secondary N) is 1. The molecule has 0 saturated carbocycles. The Hall–Kier alpha value is -2.35. The molecule has 2 aliphatic heterocycles. The largest absolute Gasteiger partial charge is 0.418 e. The van der Waals surface area contributed by atoms with Gasteiger partial charge in [-0.3, -0.25) is 9.78 Å². The van der Waals surface area contributed by atoms with Gasteiger partial charge in [-0.2, -0.15) is 13.2 Å². The summed E-state index contributed by atoms with van der Waals surface area (Å²) in [6.45, 7) is 6.11. The fourth-order valence-electron chi connectivity index (χ4n) is 5.06. The summed E-state index contributed by atoms with van der Waals surface area (Å²) in [5.41, 5.74) is -0.0610. The van der Waals surface area contributed by atoms with E-state index in [2.05, 4.69) is 34.1 Å². The van der Waals surface area contributed by atoms with Crippen LogP contribution in [0.3, 0.4) is 0 Å². The van der Waals surface area contributed by atoms with E-state index in [4.69, 9.17) is 0 Å². The van der Waals surface area contributed by atoms with Crippen LogP contribution >= 0.6 is 0 Å². The molecular weight excluding hydrogens is 417 g/mol. The molecule has 0 bridgehead atoms. The van der Waals surface area contributed by atoms with Crippen LogP contribution in [-0.2, 0) is 11.0 Å². The molecule has 2 atom stereocenters. The summed E-state index contributed by atoms with van der Waals surface area (Å²) in [6.07, 6.45) is -0.105. The molecule has 2 fully saturated rings. The summed E-state index contributed by atoms with van der Waals surface area (Å²) in [7, 11) is 2.12. The van der Waals surface area contributed by atoms with E-state index in [1.54, 1.807) is 12.1 Å². The zero-order valence-corrected chi connectivity index (χ0v) is 18.7. The van der Waals surface area contributed by atoms with E-state index in [1.807, 2.05) is 0 Å². The molecule has 32 heavy (non-hydrogen) atoms. The highest BCUT2D eigenvalue weighted by atomic mass is 19.4. The Balaban J connectivity index is 1.50. The van der Waals surface area contributed by atoms with Crippen molar-refractivity contribution in [3.63, 3.8) is 0 Å². The van der Waals surface area contributed by atoms with Gasteiger partial charge in [0.2, 0.25) is 5.91 Å². The average molecular weight is 449 g/mol. The first-order valence-electron chi connectivity index (χ1n) is 11.4. The van der Waals surface area contributed by atoms with Crippen LogP contribution in [0.25, 0.3) is 10.9 Å². The lowest BCUT2D eigenvalue weighted by Crippen LogP contribution is -2.47. The van der Waals surface area contributed by atoms with Crippen LogP contribution in [0.15, 0.2) is 30.5 Å². The number of nitrogens with zero attached hydrogens (tertiary/aromatic N) is 3. The lowest BCUT2D eigenvalue weighted by Gasteiger charge is -2.38. The smallest absolute Gasteiger partial charge is 0.370 e. The first-order valence-corrected chi connectivity index (χ1v) is 11.4. The molecule has 2 aliphatic rings. The minimum atomic E-state index is -4.46. The number of alkyl halides is 3. The normalized spacial score (nSPS) is 23.5. The molecule has 0 aliphatic carbocycles. The maximum absolute atomic E-state index is 13.5. The van der Waals surface area contributed by atoms with Crippen LogP contribution in [0.5, 0.6) is 0 Å². The third-order valence-corrected chi connectivity index (χ3v) is 6.83. The molecular formula is C24H31F3N4O. The third kappa shape index (κ3) is 5.00. The highest BCUT2D eigenvalue weighted by Crippen LogP contribution is 2.39. The Morgan fingerprint density at radius 1 is 1.19 bits per heavy atom. The van der Waals surface area contributed by atoms with Gasteiger partial charge in [0, 0.05) is 36.9 Å². The fraction of sp³-hybridized carbons (Fsp3) is 0.583. The van der Waals surface area contributed by atoms with Gasteiger partial charge in [-0.25, -0.2) is 0 Å². The van der Waals surface area contributed by atoms with E-state index in [1.165, 1.54) is 12.3 Å². The van der Waals surface area contributed by atoms with Crippen LogP contribution in [0.4, 0.5) is 18.9 Å². The Morgan fingerprint density at radius 2 is 1.94 bits per heavy atom. The van der Waals surface area contributed by atoms with Crippen molar-refractivity contribution in [2.75, 3.05) is 44.7 Å². The molecule has 1 aromatic heterocycles. The lowest BCUT2D eigenvalue weighted by atomic mass is 9.88. The van der Waals surface area contributed by atoms with Crippen LogP contribution < -0.4 is 10.2 Å². The minimum absolute atomic E-state index is 0.0426. The standard InChI is InChI=1S/C24H31F3N4O/c1-16-12-18(23(32)29-13-17-7-10-30(2)11-8-17)15-31(14-16)21-6-5-20(24(25,26)27)22-19(21)4-3-9-28-22/h3-6,9,16-18H,7-8,10-15H2,1-2H3,(H,29,32)/t16-,18-/m0/s1. The second-order valence-electron chi connectivity index (χ2n) is 9.46. The maximum Gasteiger partial charge on any atom is 0.418 e. The zero-order chi connectivity index (χ0) is 22.9. The van der Waals surface area contributed by atoms with Gasteiger partial charge in [0.15, 0.2) is 0 Å². The quantitative estimate of drug-likeness (QED) is 0.763. The van der Waals surface area contributed by atoms with Gasteiger partial charge in [0.1, 0.15) is 0 Å². The van der Waals surface area contributed by atoms with Crippen molar-refractivity contribution < 1.29 is 18.0 Å². The molecule has 1 amide bonds.